The van der Waals surface area contributed by atoms with Crippen LogP contribution >= 0.6 is 0 Å². The number of oxime groups is 1. The summed E-state index contributed by atoms with van der Waals surface area (Å²) in [6.07, 6.45) is 0.995. The van der Waals surface area contributed by atoms with E-state index in [9.17, 15) is 8.42 Å². The van der Waals surface area contributed by atoms with Crippen molar-refractivity contribution in [2.45, 2.75) is 12.2 Å². The van der Waals surface area contributed by atoms with Crippen molar-refractivity contribution >= 4 is 15.5 Å². The molecular formula is C11H15NO4S. The van der Waals surface area contributed by atoms with Crippen LogP contribution in [0.4, 0.5) is 0 Å². The molecule has 1 atom stereocenters. The first kappa shape index (κ1) is 13.7. The first-order valence-electron chi connectivity index (χ1n) is 4.99. The molecule has 0 amide bonds. The lowest BCUT2D eigenvalue weighted by Gasteiger charge is -2.14. The minimum absolute atomic E-state index is 0.0429. The van der Waals surface area contributed by atoms with Gasteiger partial charge in [-0.1, -0.05) is 35.0 Å². The molecule has 0 fully saturated rings. The van der Waals surface area contributed by atoms with Crippen LogP contribution in [0.15, 0.2) is 29.4 Å². The van der Waals surface area contributed by atoms with Crippen molar-refractivity contribution in [1.82, 2.24) is 0 Å². The van der Waals surface area contributed by atoms with Crippen LogP contribution in [0.5, 0.6) is 0 Å². The van der Waals surface area contributed by atoms with Gasteiger partial charge in [-0.15, -0.1) is 0 Å². The maximum atomic E-state index is 11.5. The van der Waals surface area contributed by atoms with Crippen LogP contribution in [-0.4, -0.2) is 42.6 Å². The van der Waals surface area contributed by atoms with E-state index < -0.39 is 21.7 Å². The Morgan fingerprint density at radius 2 is 2.12 bits per heavy atom. The summed E-state index contributed by atoms with van der Waals surface area (Å²) in [7, 11) is -3.53. The summed E-state index contributed by atoms with van der Waals surface area (Å²) in [6, 6.07) is 6.90. The maximum Gasteiger partial charge on any atom is 0.158 e. The summed E-state index contributed by atoms with van der Waals surface area (Å²) in [5.74, 6) is 0. The molecule has 17 heavy (non-hydrogen) atoms. The molecule has 2 N–H and O–H groups in total. The minimum Gasteiger partial charge on any atom is -0.411 e. The largest absolute Gasteiger partial charge is 0.411 e. The zero-order valence-corrected chi connectivity index (χ0v) is 10.5. The van der Waals surface area contributed by atoms with Gasteiger partial charge in [-0.05, 0) is 6.92 Å². The molecule has 5 nitrogen and oxygen atoms in total. The normalized spacial score (nSPS) is 14.6. The lowest BCUT2D eigenvalue weighted by molar-refractivity contribution is 0.296. The van der Waals surface area contributed by atoms with E-state index in [1.807, 2.05) is 13.0 Å². The lowest BCUT2D eigenvalue weighted by atomic mass is 10.1. The van der Waals surface area contributed by atoms with Gasteiger partial charge >= 0.3 is 0 Å². The molecular weight excluding hydrogens is 242 g/mol. The molecule has 0 aromatic heterocycles. The van der Waals surface area contributed by atoms with E-state index in [1.165, 1.54) is 0 Å². The van der Waals surface area contributed by atoms with Crippen molar-refractivity contribution in [2.24, 2.45) is 5.16 Å². The predicted octanol–water partition coefficient (Wildman–Crippen LogP) is 0.579. The van der Waals surface area contributed by atoms with Crippen molar-refractivity contribution < 1.29 is 18.7 Å². The Morgan fingerprint density at radius 3 is 2.53 bits per heavy atom. The highest BCUT2D eigenvalue weighted by Crippen LogP contribution is 2.12. The van der Waals surface area contributed by atoms with E-state index in [-0.39, 0.29) is 5.71 Å². The summed E-state index contributed by atoms with van der Waals surface area (Å²) in [6.45, 7) is 1.22. The smallest absolute Gasteiger partial charge is 0.158 e. The SMILES string of the molecule is Cc1cccc(C(=NO)C(CO)S(C)(=O)=O)c1. The van der Waals surface area contributed by atoms with Crippen LogP contribution in [0.1, 0.15) is 11.1 Å². The van der Waals surface area contributed by atoms with E-state index in [0.29, 0.717) is 5.56 Å². The first-order valence-corrected chi connectivity index (χ1v) is 6.94. The maximum absolute atomic E-state index is 11.5. The van der Waals surface area contributed by atoms with E-state index in [2.05, 4.69) is 5.16 Å². The third-order valence-corrected chi connectivity index (χ3v) is 3.82. The van der Waals surface area contributed by atoms with Gasteiger partial charge in [0.2, 0.25) is 0 Å². The molecule has 1 aromatic rings. The van der Waals surface area contributed by atoms with E-state index >= 15 is 0 Å². The van der Waals surface area contributed by atoms with Gasteiger partial charge in [0.15, 0.2) is 9.84 Å². The first-order chi connectivity index (χ1) is 7.90. The highest BCUT2D eigenvalue weighted by Gasteiger charge is 2.27. The molecule has 1 aromatic carbocycles. The van der Waals surface area contributed by atoms with Crippen LogP contribution in [0.25, 0.3) is 0 Å². The van der Waals surface area contributed by atoms with Crippen LogP contribution in [0.2, 0.25) is 0 Å². The third kappa shape index (κ3) is 3.28. The second-order valence-electron chi connectivity index (χ2n) is 3.86. The molecule has 94 valence electrons. The summed E-state index contributed by atoms with van der Waals surface area (Å²) in [5, 5.41) is 19.9. The molecule has 0 heterocycles. The van der Waals surface area contributed by atoms with Gasteiger partial charge in [0.05, 0.1) is 6.61 Å². The quantitative estimate of drug-likeness (QED) is 0.469. The molecule has 1 rings (SSSR count). The summed E-state index contributed by atoms with van der Waals surface area (Å²) in [4.78, 5) is 0. The molecule has 0 aliphatic heterocycles. The van der Waals surface area contributed by atoms with Gasteiger partial charge in [-0.2, -0.15) is 0 Å². The highest BCUT2D eigenvalue weighted by molar-refractivity contribution is 7.92. The number of hydrogen-bond donors (Lipinski definition) is 2. The van der Waals surface area contributed by atoms with Crippen molar-refractivity contribution in [3.05, 3.63) is 35.4 Å². The van der Waals surface area contributed by atoms with E-state index in [4.69, 9.17) is 10.3 Å². The van der Waals surface area contributed by atoms with Gasteiger partial charge in [0, 0.05) is 11.8 Å². The Morgan fingerprint density at radius 1 is 1.47 bits per heavy atom. The zero-order chi connectivity index (χ0) is 13.1. The van der Waals surface area contributed by atoms with Crippen molar-refractivity contribution in [3.63, 3.8) is 0 Å². The Bertz CT molecular complexity index is 522. The third-order valence-electron chi connectivity index (χ3n) is 2.41. The lowest BCUT2D eigenvalue weighted by Crippen LogP contribution is -2.33. The summed E-state index contributed by atoms with van der Waals surface area (Å²) < 4.78 is 22.9. The number of aliphatic hydroxyl groups excluding tert-OH is 1. The molecule has 0 saturated heterocycles. The Labute approximate surface area is 100 Å². The topological polar surface area (TPSA) is 87.0 Å². The molecule has 0 aliphatic rings. The average molecular weight is 257 g/mol. The predicted molar refractivity (Wildman–Crippen MR) is 65.2 cm³/mol. The number of nitrogens with zero attached hydrogens (tertiary/aromatic N) is 1. The molecule has 6 heteroatoms. The van der Waals surface area contributed by atoms with E-state index in [1.54, 1.807) is 18.2 Å². The van der Waals surface area contributed by atoms with Crippen LogP contribution in [-0.2, 0) is 9.84 Å². The van der Waals surface area contributed by atoms with Crippen LogP contribution in [0.3, 0.4) is 0 Å². The number of hydrogen-bond acceptors (Lipinski definition) is 5. The molecule has 0 saturated carbocycles. The molecule has 0 bridgehead atoms. The fourth-order valence-corrected chi connectivity index (χ4v) is 2.40. The van der Waals surface area contributed by atoms with Gasteiger partial charge in [0.1, 0.15) is 11.0 Å². The van der Waals surface area contributed by atoms with Gasteiger partial charge < -0.3 is 10.3 Å². The Kier molecular flexibility index (Phi) is 4.25. The average Bonchev–Trinajstić information content (AvgIpc) is 2.23. The van der Waals surface area contributed by atoms with Gasteiger partial charge in [0.25, 0.3) is 0 Å². The molecule has 1 unspecified atom stereocenters. The van der Waals surface area contributed by atoms with Crippen LogP contribution in [0, 0.1) is 6.92 Å². The number of benzene rings is 1. The summed E-state index contributed by atoms with van der Waals surface area (Å²) >= 11 is 0. The number of aryl methyl sites for hydroxylation is 1. The summed E-state index contributed by atoms with van der Waals surface area (Å²) in [5.41, 5.74) is 1.35. The second kappa shape index (κ2) is 5.29. The standard InChI is InChI=1S/C11H15NO4S/c1-8-4-3-5-9(6-8)11(12-14)10(7-13)17(2,15)16/h3-6,10,13-14H,7H2,1-2H3. The fraction of sp³-hybridized carbons (Fsp3) is 0.364. The van der Waals surface area contributed by atoms with Gasteiger partial charge in [-0.25, -0.2) is 8.42 Å². The van der Waals surface area contributed by atoms with Crippen molar-refractivity contribution in [3.8, 4) is 0 Å². The highest BCUT2D eigenvalue weighted by atomic mass is 32.2. The minimum atomic E-state index is -3.53. The number of aliphatic hydroxyl groups is 1. The molecule has 0 aliphatic carbocycles. The van der Waals surface area contributed by atoms with Crippen molar-refractivity contribution in [1.29, 1.82) is 0 Å². The van der Waals surface area contributed by atoms with Gasteiger partial charge in [-0.3, -0.25) is 0 Å². The number of sulfone groups is 1. The molecule has 0 radical (unpaired) electrons. The molecule has 0 spiro atoms. The number of rotatable bonds is 4. The Hall–Kier alpha value is -1.40. The fourth-order valence-electron chi connectivity index (χ4n) is 1.54. The monoisotopic (exact) mass is 257 g/mol. The van der Waals surface area contributed by atoms with E-state index in [0.717, 1.165) is 11.8 Å². The zero-order valence-electron chi connectivity index (χ0n) is 9.66. The van der Waals surface area contributed by atoms with Crippen molar-refractivity contribution in [2.75, 3.05) is 12.9 Å². The van der Waals surface area contributed by atoms with Crippen LogP contribution < -0.4 is 0 Å². The Balaban J connectivity index is 3.25. The second-order valence-corrected chi connectivity index (χ2v) is 6.08.